The molecule has 186 valence electrons. The fraction of sp³-hybridized carbons (Fsp3) is 0.333. The van der Waals surface area contributed by atoms with Crippen LogP contribution in [0.15, 0.2) is 55.0 Å². The van der Waals surface area contributed by atoms with Crippen molar-refractivity contribution in [3.05, 3.63) is 88.1 Å². The first-order valence-corrected chi connectivity index (χ1v) is 12.5. The summed E-state index contributed by atoms with van der Waals surface area (Å²) < 4.78 is 13.8. The Morgan fingerprint density at radius 2 is 1.94 bits per heavy atom. The molecule has 0 unspecified atom stereocenters. The van der Waals surface area contributed by atoms with Crippen molar-refractivity contribution >= 4 is 29.2 Å². The predicted octanol–water partition coefficient (Wildman–Crippen LogP) is 4.43. The third kappa shape index (κ3) is 4.78. The topological polar surface area (TPSA) is 78.4 Å². The van der Waals surface area contributed by atoms with Crippen LogP contribution in [0.5, 0.6) is 0 Å². The van der Waals surface area contributed by atoms with E-state index in [4.69, 9.17) is 11.6 Å². The number of piperidine rings is 1. The zero-order chi connectivity index (χ0) is 25.2. The maximum absolute atomic E-state index is 13.8. The van der Waals surface area contributed by atoms with Crippen LogP contribution in [0.3, 0.4) is 0 Å². The van der Waals surface area contributed by atoms with E-state index in [9.17, 15) is 14.0 Å². The number of halogens is 2. The number of carbonyl (C=O) groups excluding carboxylic acids is 2. The number of rotatable bonds is 5. The van der Waals surface area contributed by atoms with Gasteiger partial charge in [0.15, 0.2) is 0 Å². The summed E-state index contributed by atoms with van der Waals surface area (Å²) in [5.41, 5.74) is 2.72. The fourth-order valence-corrected chi connectivity index (χ4v) is 5.33. The van der Waals surface area contributed by atoms with Crippen molar-refractivity contribution in [1.29, 1.82) is 0 Å². The number of fused-ring (bicyclic) bond motifs is 1. The van der Waals surface area contributed by atoms with Crippen molar-refractivity contribution in [3.8, 4) is 0 Å². The van der Waals surface area contributed by atoms with E-state index in [0.717, 1.165) is 49.3 Å². The molecule has 0 bridgehead atoms. The van der Waals surface area contributed by atoms with Crippen molar-refractivity contribution in [3.63, 3.8) is 0 Å². The molecule has 0 radical (unpaired) electrons. The number of hydrogen-bond donors (Lipinski definition) is 1. The second-order valence-corrected chi connectivity index (χ2v) is 9.66. The molecule has 2 heterocycles. The summed E-state index contributed by atoms with van der Waals surface area (Å²) in [7, 11) is 1.85. The van der Waals surface area contributed by atoms with Gasteiger partial charge < -0.3 is 15.1 Å². The van der Waals surface area contributed by atoms with E-state index in [-0.39, 0.29) is 28.6 Å². The van der Waals surface area contributed by atoms with Gasteiger partial charge in [0.25, 0.3) is 11.8 Å². The molecule has 7 nitrogen and oxygen atoms in total. The highest BCUT2D eigenvalue weighted by molar-refractivity contribution is 6.34. The van der Waals surface area contributed by atoms with Crippen LogP contribution in [0.4, 0.5) is 10.2 Å². The lowest BCUT2D eigenvalue weighted by Crippen LogP contribution is -2.46. The third-order valence-corrected chi connectivity index (χ3v) is 7.58. The first-order valence-electron chi connectivity index (χ1n) is 12.1. The first-order chi connectivity index (χ1) is 17.4. The van der Waals surface area contributed by atoms with Crippen LogP contribution < -0.4 is 10.2 Å². The molecular formula is C27H27ClFN5O2. The zero-order valence-electron chi connectivity index (χ0n) is 20.0. The van der Waals surface area contributed by atoms with Gasteiger partial charge in [-0.05, 0) is 67.1 Å². The molecule has 2 aliphatic rings. The molecule has 2 aromatic carbocycles. The van der Waals surface area contributed by atoms with E-state index in [1.54, 1.807) is 12.5 Å². The van der Waals surface area contributed by atoms with Gasteiger partial charge >= 0.3 is 0 Å². The van der Waals surface area contributed by atoms with Crippen LogP contribution in [-0.4, -0.2) is 52.9 Å². The van der Waals surface area contributed by atoms with Crippen LogP contribution in [0.25, 0.3) is 0 Å². The lowest BCUT2D eigenvalue weighted by atomic mass is 10.00. The smallest absolute Gasteiger partial charge is 0.253 e. The molecule has 1 aromatic heterocycles. The molecule has 1 aliphatic carbocycles. The molecule has 1 N–H and O–H groups in total. The summed E-state index contributed by atoms with van der Waals surface area (Å²) in [6.07, 6.45) is 6.49. The van der Waals surface area contributed by atoms with Gasteiger partial charge in [-0.2, -0.15) is 0 Å². The Labute approximate surface area is 214 Å². The molecular weight excluding hydrogens is 481 g/mol. The summed E-state index contributed by atoms with van der Waals surface area (Å²) in [5.74, 6) is -0.191. The number of anilines is 1. The zero-order valence-corrected chi connectivity index (χ0v) is 20.7. The van der Waals surface area contributed by atoms with Crippen LogP contribution in [-0.2, 0) is 6.42 Å². The number of aromatic nitrogens is 2. The molecule has 0 spiro atoms. The Morgan fingerprint density at radius 3 is 2.69 bits per heavy atom. The Balaban J connectivity index is 1.26. The quantitative estimate of drug-likeness (QED) is 0.553. The fourth-order valence-electron chi connectivity index (χ4n) is 5.12. The lowest BCUT2D eigenvalue weighted by molar-refractivity contribution is 0.0709. The van der Waals surface area contributed by atoms with E-state index < -0.39 is 11.7 Å². The Bertz CT molecular complexity index is 1280. The molecule has 1 saturated heterocycles. The lowest BCUT2D eigenvalue weighted by Gasteiger charge is -2.37. The van der Waals surface area contributed by atoms with Crippen molar-refractivity contribution in [2.24, 2.45) is 0 Å². The summed E-state index contributed by atoms with van der Waals surface area (Å²) in [5, 5.41) is 2.78. The van der Waals surface area contributed by atoms with E-state index in [1.807, 2.05) is 36.2 Å². The third-order valence-electron chi connectivity index (χ3n) is 7.20. The van der Waals surface area contributed by atoms with Gasteiger partial charge in [0.05, 0.1) is 16.6 Å². The van der Waals surface area contributed by atoms with E-state index in [2.05, 4.69) is 20.2 Å². The highest BCUT2D eigenvalue weighted by Gasteiger charge is 2.29. The van der Waals surface area contributed by atoms with E-state index in [0.29, 0.717) is 12.0 Å². The number of aryl methyl sites for hydroxylation is 1. The average Bonchev–Trinajstić information content (AvgIpc) is 3.31. The van der Waals surface area contributed by atoms with Crippen molar-refractivity contribution < 1.29 is 14.0 Å². The van der Waals surface area contributed by atoms with Gasteiger partial charge in [0.2, 0.25) is 0 Å². The number of nitrogens with zero attached hydrogens (tertiary/aromatic N) is 4. The van der Waals surface area contributed by atoms with Gasteiger partial charge in [-0.1, -0.05) is 23.7 Å². The van der Waals surface area contributed by atoms with Crippen molar-refractivity contribution in [2.75, 3.05) is 25.0 Å². The highest BCUT2D eigenvalue weighted by Crippen LogP contribution is 2.33. The summed E-state index contributed by atoms with van der Waals surface area (Å²) in [6, 6.07) is 11.7. The molecule has 9 heteroatoms. The molecule has 0 saturated carbocycles. The largest absolute Gasteiger partial charge is 0.356 e. The van der Waals surface area contributed by atoms with Gasteiger partial charge in [-0.3, -0.25) is 9.59 Å². The highest BCUT2D eigenvalue weighted by atomic mass is 35.5. The van der Waals surface area contributed by atoms with Crippen LogP contribution in [0.1, 0.15) is 57.1 Å². The number of carbonyl (C=O) groups is 2. The molecule has 5 rings (SSSR count). The summed E-state index contributed by atoms with van der Waals surface area (Å²) in [6.45, 7) is 1.64. The van der Waals surface area contributed by atoms with Crippen molar-refractivity contribution in [1.82, 2.24) is 20.2 Å². The minimum Gasteiger partial charge on any atom is -0.356 e. The second kappa shape index (κ2) is 10.2. The monoisotopic (exact) mass is 507 g/mol. The number of nitrogens with one attached hydrogen (secondary N) is 1. The Kier molecular flexibility index (Phi) is 6.87. The second-order valence-electron chi connectivity index (χ2n) is 9.28. The Hall–Kier alpha value is -3.52. The molecule has 1 fully saturated rings. The van der Waals surface area contributed by atoms with E-state index >= 15 is 0 Å². The van der Waals surface area contributed by atoms with Gasteiger partial charge in [0.1, 0.15) is 18.0 Å². The predicted molar refractivity (Wildman–Crippen MR) is 136 cm³/mol. The normalized spacial score (nSPS) is 17.5. The van der Waals surface area contributed by atoms with Gasteiger partial charge in [-0.25, -0.2) is 14.4 Å². The summed E-state index contributed by atoms with van der Waals surface area (Å²) in [4.78, 5) is 38.5. The maximum Gasteiger partial charge on any atom is 0.253 e. The van der Waals surface area contributed by atoms with Crippen LogP contribution >= 0.6 is 11.6 Å². The van der Waals surface area contributed by atoms with Crippen LogP contribution in [0, 0.1) is 5.82 Å². The molecule has 1 atom stereocenters. The minimum absolute atomic E-state index is 0.0385. The SMILES string of the molecule is CN(C(=O)c1ccc2c(c1)[C@H](NC(=O)c1cccc(F)c1Cl)CC2)C1CCN(c2ccncn2)CC1. The van der Waals surface area contributed by atoms with Gasteiger partial charge in [-0.15, -0.1) is 0 Å². The number of hydrogen-bond acceptors (Lipinski definition) is 5. The van der Waals surface area contributed by atoms with Crippen LogP contribution in [0.2, 0.25) is 5.02 Å². The maximum atomic E-state index is 13.8. The van der Waals surface area contributed by atoms with Gasteiger partial charge in [0, 0.05) is 37.9 Å². The standard InChI is InChI=1S/C27H27ClFN5O2/c1-33(19-10-13-34(14-11-19)24-9-12-30-16-31-24)27(36)18-6-5-17-7-8-23(21(17)15-18)32-26(35)20-3-2-4-22(29)25(20)28/h2-6,9,12,15-16,19,23H,7-8,10-11,13-14H2,1H3,(H,32,35)/t23-/m1/s1. The molecule has 1 aliphatic heterocycles. The molecule has 36 heavy (non-hydrogen) atoms. The molecule has 3 aromatic rings. The Morgan fingerprint density at radius 1 is 1.14 bits per heavy atom. The van der Waals surface area contributed by atoms with Crippen molar-refractivity contribution in [2.45, 2.75) is 37.8 Å². The first kappa shape index (κ1) is 24.2. The number of amides is 2. The molecule has 2 amide bonds. The minimum atomic E-state index is -0.630. The number of benzene rings is 2. The average molecular weight is 508 g/mol. The van der Waals surface area contributed by atoms with E-state index in [1.165, 1.54) is 18.2 Å². The summed E-state index contributed by atoms with van der Waals surface area (Å²) >= 11 is 6.00.